The maximum absolute atomic E-state index is 9.57. The fraction of sp³-hybridized carbons (Fsp3) is 0.200. The van der Waals surface area contributed by atoms with E-state index in [0.717, 1.165) is 11.1 Å². The maximum atomic E-state index is 9.57. The largest absolute Gasteiger partial charge is 0.388 e. The standard InChI is InChI=1S/C10H10BrNO/c11-6-10(13)8-2-1-7-3-4-12-9(7)5-8/h1-5,10,12-13H,6H2. The van der Waals surface area contributed by atoms with Crippen molar-refractivity contribution in [3.63, 3.8) is 0 Å². The van der Waals surface area contributed by atoms with E-state index in [9.17, 15) is 5.11 Å². The molecule has 0 fully saturated rings. The lowest BCUT2D eigenvalue weighted by Crippen LogP contribution is -1.97. The van der Waals surface area contributed by atoms with E-state index < -0.39 is 6.10 Å². The summed E-state index contributed by atoms with van der Waals surface area (Å²) < 4.78 is 0. The van der Waals surface area contributed by atoms with Crippen LogP contribution in [0.2, 0.25) is 0 Å². The summed E-state index contributed by atoms with van der Waals surface area (Å²) in [4.78, 5) is 3.11. The summed E-state index contributed by atoms with van der Waals surface area (Å²) in [7, 11) is 0. The zero-order valence-electron chi connectivity index (χ0n) is 7.00. The molecule has 2 rings (SSSR count). The molecule has 0 aliphatic carbocycles. The first-order chi connectivity index (χ1) is 6.31. The molecule has 1 unspecified atom stereocenters. The van der Waals surface area contributed by atoms with E-state index in [4.69, 9.17) is 0 Å². The van der Waals surface area contributed by atoms with Gasteiger partial charge in [-0.1, -0.05) is 28.1 Å². The van der Waals surface area contributed by atoms with Crippen molar-refractivity contribution < 1.29 is 5.11 Å². The summed E-state index contributed by atoms with van der Waals surface area (Å²) in [5, 5.41) is 11.3. The Labute approximate surface area is 84.7 Å². The van der Waals surface area contributed by atoms with Crippen LogP contribution < -0.4 is 0 Å². The van der Waals surface area contributed by atoms with Gasteiger partial charge in [-0.3, -0.25) is 0 Å². The molecule has 1 heterocycles. The van der Waals surface area contributed by atoms with E-state index >= 15 is 0 Å². The second kappa shape index (κ2) is 3.52. The molecule has 2 N–H and O–H groups in total. The van der Waals surface area contributed by atoms with Crippen LogP contribution in [0.1, 0.15) is 11.7 Å². The van der Waals surface area contributed by atoms with Crippen LogP contribution in [-0.2, 0) is 0 Å². The number of fused-ring (bicyclic) bond motifs is 1. The molecule has 2 nitrogen and oxygen atoms in total. The number of H-pyrrole nitrogens is 1. The fourth-order valence-corrected chi connectivity index (χ4v) is 1.74. The number of rotatable bonds is 2. The van der Waals surface area contributed by atoms with Gasteiger partial charge in [0.25, 0.3) is 0 Å². The van der Waals surface area contributed by atoms with Gasteiger partial charge in [0, 0.05) is 17.0 Å². The Bertz CT molecular complexity index is 410. The zero-order chi connectivity index (χ0) is 9.26. The van der Waals surface area contributed by atoms with Crippen molar-refractivity contribution in [2.75, 3.05) is 5.33 Å². The molecule has 0 spiro atoms. The van der Waals surface area contributed by atoms with Gasteiger partial charge in [-0.2, -0.15) is 0 Å². The van der Waals surface area contributed by atoms with Crippen molar-refractivity contribution in [2.24, 2.45) is 0 Å². The summed E-state index contributed by atoms with van der Waals surface area (Å²) in [6.45, 7) is 0. The topological polar surface area (TPSA) is 36.0 Å². The Morgan fingerprint density at radius 2 is 2.23 bits per heavy atom. The molecule has 13 heavy (non-hydrogen) atoms. The molecule has 0 saturated carbocycles. The summed E-state index contributed by atoms with van der Waals surface area (Å²) in [6.07, 6.45) is 1.47. The first-order valence-electron chi connectivity index (χ1n) is 4.12. The maximum Gasteiger partial charge on any atom is 0.0887 e. The minimum atomic E-state index is -0.423. The molecular weight excluding hydrogens is 230 g/mol. The molecule has 0 amide bonds. The Morgan fingerprint density at radius 1 is 1.38 bits per heavy atom. The van der Waals surface area contributed by atoms with E-state index in [1.165, 1.54) is 5.39 Å². The Kier molecular flexibility index (Phi) is 2.38. The predicted molar refractivity (Wildman–Crippen MR) is 57.1 cm³/mol. The van der Waals surface area contributed by atoms with Crippen LogP contribution in [-0.4, -0.2) is 15.4 Å². The highest BCUT2D eigenvalue weighted by Gasteiger charge is 2.05. The van der Waals surface area contributed by atoms with E-state index in [1.54, 1.807) is 0 Å². The summed E-state index contributed by atoms with van der Waals surface area (Å²) in [5.74, 6) is 0. The number of halogens is 1. The second-order valence-corrected chi connectivity index (χ2v) is 3.64. The van der Waals surface area contributed by atoms with Gasteiger partial charge in [0.15, 0.2) is 0 Å². The third-order valence-corrected chi connectivity index (χ3v) is 2.72. The Balaban J connectivity index is 2.48. The number of aromatic nitrogens is 1. The van der Waals surface area contributed by atoms with Gasteiger partial charge in [-0.15, -0.1) is 0 Å². The molecule has 68 valence electrons. The Morgan fingerprint density at radius 3 is 3.00 bits per heavy atom. The fourth-order valence-electron chi connectivity index (χ4n) is 1.36. The number of hydrogen-bond acceptors (Lipinski definition) is 1. The summed E-state index contributed by atoms with van der Waals surface area (Å²) in [6, 6.07) is 7.94. The Hall–Kier alpha value is -0.800. The zero-order valence-corrected chi connectivity index (χ0v) is 8.58. The number of alkyl halides is 1. The average Bonchev–Trinajstić information content (AvgIpc) is 2.63. The molecule has 0 saturated heterocycles. The van der Waals surface area contributed by atoms with Crippen molar-refractivity contribution in [1.29, 1.82) is 0 Å². The van der Waals surface area contributed by atoms with E-state index in [2.05, 4.69) is 20.9 Å². The van der Waals surface area contributed by atoms with Gasteiger partial charge in [0.2, 0.25) is 0 Å². The number of aliphatic hydroxyl groups is 1. The molecule has 0 aliphatic heterocycles. The van der Waals surface area contributed by atoms with Gasteiger partial charge in [-0.05, 0) is 23.1 Å². The van der Waals surface area contributed by atoms with Gasteiger partial charge in [-0.25, -0.2) is 0 Å². The molecule has 1 aromatic carbocycles. The van der Waals surface area contributed by atoms with Crippen LogP contribution in [0.15, 0.2) is 30.5 Å². The van der Waals surface area contributed by atoms with Crippen molar-refractivity contribution >= 4 is 26.8 Å². The van der Waals surface area contributed by atoms with Crippen molar-refractivity contribution in [2.45, 2.75) is 6.10 Å². The average molecular weight is 240 g/mol. The SMILES string of the molecule is OC(CBr)c1ccc2cc[nH]c2c1. The van der Waals surface area contributed by atoms with Crippen LogP contribution in [0, 0.1) is 0 Å². The lowest BCUT2D eigenvalue weighted by Gasteiger charge is -2.06. The third kappa shape index (κ3) is 1.62. The number of nitrogens with one attached hydrogen (secondary N) is 1. The molecule has 2 aromatic rings. The smallest absolute Gasteiger partial charge is 0.0887 e. The molecule has 0 radical (unpaired) electrons. The lowest BCUT2D eigenvalue weighted by atomic mass is 10.1. The van der Waals surface area contributed by atoms with E-state index in [-0.39, 0.29) is 0 Å². The van der Waals surface area contributed by atoms with Crippen molar-refractivity contribution in [1.82, 2.24) is 4.98 Å². The molecule has 1 aromatic heterocycles. The van der Waals surface area contributed by atoms with Crippen LogP contribution >= 0.6 is 15.9 Å². The van der Waals surface area contributed by atoms with E-state index in [0.29, 0.717) is 5.33 Å². The van der Waals surface area contributed by atoms with Crippen molar-refractivity contribution in [3.05, 3.63) is 36.0 Å². The number of aromatic amines is 1. The monoisotopic (exact) mass is 239 g/mol. The van der Waals surface area contributed by atoms with Crippen LogP contribution in [0.3, 0.4) is 0 Å². The van der Waals surface area contributed by atoms with Gasteiger partial charge in [0.05, 0.1) is 6.10 Å². The first kappa shape index (κ1) is 8.78. The molecule has 3 heteroatoms. The number of benzene rings is 1. The minimum absolute atomic E-state index is 0.423. The summed E-state index contributed by atoms with van der Waals surface area (Å²) in [5.41, 5.74) is 2.00. The van der Waals surface area contributed by atoms with Crippen LogP contribution in [0.5, 0.6) is 0 Å². The molecule has 0 bridgehead atoms. The van der Waals surface area contributed by atoms with Gasteiger partial charge in [0.1, 0.15) is 0 Å². The van der Waals surface area contributed by atoms with E-state index in [1.807, 2.05) is 30.5 Å². The normalized spacial score (nSPS) is 13.4. The van der Waals surface area contributed by atoms with Crippen LogP contribution in [0.25, 0.3) is 10.9 Å². The lowest BCUT2D eigenvalue weighted by molar-refractivity contribution is 0.205. The molecular formula is C10H10BrNO. The number of hydrogen-bond donors (Lipinski definition) is 2. The molecule has 1 atom stereocenters. The minimum Gasteiger partial charge on any atom is -0.388 e. The van der Waals surface area contributed by atoms with Crippen molar-refractivity contribution in [3.8, 4) is 0 Å². The highest BCUT2D eigenvalue weighted by atomic mass is 79.9. The van der Waals surface area contributed by atoms with Crippen LogP contribution in [0.4, 0.5) is 0 Å². The second-order valence-electron chi connectivity index (χ2n) is 2.99. The number of aliphatic hydroxyl groups excluding tert-OH is 1. The van der Waals surface area contributed by atoms with Gasteiger partial charge >= 0.3 is 0 Å². The first-order valence-corrected chi connectivity index (χ1v) is 5.24. The quantitative estimate of drug-likeness (QED) is 0.777. The highest BCUT2D eigenvalue weighted by Crippen LogP contribution is 2.20. The van der Waals surface area contributed by atoms with Gasteiger partial charge < -0.3 is 10.1 Å². The summed E-state index contributed by atoms with van der Waals surface area (Å²) >= 11 is 3.25. The predicted octanol–water partition coefficient (Wildman–Crippen LogP) is 2.60. The highest BCUT2D eigenvalue weighted by molar-refractivity contribution is 9.09. The third-order valence-electron chi connectivity index (χ3n) is 2.11. The molecule has 0 aliphatic rings.